The Kier molecular flexibility index (Phi) is 8.32. The Labute approximate surface area is 226 Å². The van der Waals surface area contributed by atoms with E-state index in [1.165, 1.54) is 4.90 Å². The van der Waals surface area contributed by atoms with Crippen LogP contribution in [0.15, 0.2) is 82.2 Å². The van der Waals surface area contributed by atoms with Crippen molar-refractivity contribution in [3.05, 3.63) is 89.5 Å². The average molecular weight is 530 g/mol. The quantitative estimate of drug-likeness (QED) is 0.247. The molecule has 0 spiro atoms. The maximum Gasteiger partial charge on any atom is 0.326 e. The van der Waals surface area contributed by atoms with Gasteiger partial charge in [0.1, 0.15) is 6.04 Å². The van der Waals surface area contributed by atoms with Crippen LogP contribution >= 0.6 is 11.8 Å². The van der Waals surface area contributed by atoms with Gasteiger partial charge < -0.3 is 14.9 Å². The van der Waals surface area contributed by atoms with Gasteiger partial charge >= 0.3 is 5.97 Å². The molecule has 0 radical (unpaired) electrons. The van der Waals surface area contributed by atoms with Crippen molar-refractivity contribution in [2.24, 2.45) is 0 Å². The number of nitrogens with one attached hydrogen (secondary N) is 1. The van der Waals surface area contributed by atoms with Crippen LogP contribution in [-0.2, 0) is 16.6 Å². The smallest absolute Gasteiger partial charge is 0.326 e. The predicted molar refractivity (Wildman–Crippen MR) is 149 cm³/mol. The first-order chi connectivity index (χ1) is 18.1. The summed E-state index contributed by atoms with van der Waals surface area (Å²) in [5.74, 6) is 0.363. The van der Waals surface area contributed by atoms with Crippen LogP contribution in [0.1, 0.15) is 49.2 Å². The lowest BCUT2D eigenvalue weighted by Crippen LogP contribution is -2.42. The highest BCUT2D eigenvalue weighted by Crippen LogP contribution is 2.26. The summed E-state index contributed by atoms with van der Waals surface area (Å²) < 4.78 is 5.45. The number of thioether (sulfide) groups is 1. The van der Waals surface area contributed by atoms with Gasteiger partial charge in [0.2, 0.25) is 5.82 Å². The van der Waals surface area contributed by atoms with Crippen LogP contribution in [0.4, 0.5) is 0 Å². The molecule has 2 N–H and O–H groups in total. The van der Waals surface area contributed by atoms with Crippen LogP contribution in [-0.4, -0.2) is 38.9 Å². The molecule has 196 valence electrons. The van der Waals surface area contributed by atoms with E-state index in [-0.39, 0.29) is 11.8 Å². The SMILES string of the molecule is CCSc1ccc(-c2nc(-c3ccc(CC(NC(=O)c4ccc(C(C)(C)C)cc4)C(=O)O)cc3)no2)cc1. The summed E-state index contributed by atoms with van der Waals surface area (Å²) in [6.07, 6.45) is 0.140. The number of benzene rings is 3. The van der Waals surface area contributed by atoms with Gasteiger partial charge in [-0.15, -0.1) is 11.8 Å². The Hall–Kier alpha value is -3.91. The molecule has 3 aromatic carbocycles. The highest BCUT2D eigenvalue weighted by molar-refractivity contribution is 7.99. The van der Waals surface area contributed by atoms with Crippen molar-refractivity contribution < 1.29 is 19.2 Å². The summed E-state index contributed by atoms with van der Waals surface area (Å²) in [4.78, 5) is 30.3. The fourth-order valence-electron chi connectivity index (χ4n) is 3.91. The number of hydrogen-bond acceptors (Lipinski definition) is 6. The van der Waals surface area contributed by atoms with Crippen LogP contribution < -0.4 is 5.32 Å². The minimum atomic E-state index is -1.10. The first kappa shape index (κ1) is 27.1. The zero-order chi connectivity index (χ0) is 27.3. The number of carbonyl (C=O) groups is 2. The molecular weight excluding hydrogens is 498 g/mol. The number of aromatic nitrogens is 2. The topological polar surface area (TPSA) is 105 Å². The van der Waals surface area contributed by atoms with E-state index in [2.05, 4.69) is 43.2 Å². The molecule has 4 aromatic rings. The van der Waals surface area contributed by atoms with E-state index in [1.54, 1.807) is 23.9 Å². The van der Waals surface area contributed by atoms with Crippen molar-refractivity contribution >= 4 is 23.6 Å². The normalized spacial score (nSPS) is 12.2. The molecule has 0 fully saturated rings. The molecule has 1 heterocycles. The largest absolute Gasteiger partial charge is 0.480 e. The van der Waals surface area contributed by atoms with E-state index < -0.39 is 17.9 Å². The van der Waals surface area contributed by atoms with Gasteiger partial charge in [0.15, 0.2) is 0 Å². The Bertz CT molecular complexity index is 1390. The van der Waals surface area contributed by atoms with Crippen molar-refractivity contribution in [1.82, 2.24) is 15.5 Å². The maximum atomic E-state index is 12.7. The molecule has 4 rings (SSSR count). The standard InChI is InChI=1S/C30H31N3O4S/c1-5-38-24-16-12-22(13-17-24)28-32-26(33-37-28)20-8-6-19(7-9-20)18-25(29(35)36)31-27(34)21-10-14-23(15-11-21)30(2,3)4/h6-17,25H,5,18H2,1-4H3,(H,31,34)(H,35,36). The van der Waals surface area contributed by atoms with Crippen LogP contribution in [0.5, 0.6) is 0 Å². The van der Waals surface area contributed by atoms with Gasteiger partial charge in [0, 0.05) is 28.0 Å². The Morgan fingerprint density at radius 3 is 2.16 bits per heavy atom. The summed E-state index contributed by atoms with van der Waals surface area (Å²) in [6, 6.07) is 21.4. The third kappa shape index (κ3) is 6.69. The number of amides is 1. The number of rotatable bonds is 9. The number of nitrogens with zero attached hydrogens (tertiary/aromatic N) is 2. The molecule has 0 aliphatic heterocycles. The molecule has 1 unspecified atom stereocenters. The molecule has 38 heavy (non-hydrogen) atoms. The van der Waals surface area contributed by atoms with E-state index >= 15 is 0 Å². The molecule has 0 saturated heterocycles. The number of hydrogen-bond donors (Lipinski definition) is 2. The second-order valence-electron chi connectivity index (χ2n) is 9.97. The van der Waals surface area contributed by atoms with Crippen molar-refractivity contribution in [3.8, 4) is 22.8 Å². The monoisotopic (exact) mass is 529 g/mol. The lowest BCUT2D eigenvalue weighted by atomic mass is 9.86. The van der Waals surface area contributed by atoms with Crippen molar-refractivity contribution in [3.63, 3.8) is 0 Å². The lowest BCUT2D eigenvalue weighted by Gasteiger charge is -2.19. The summed E-state index contributed by atoms with van der Waals surface area (Å²) in [5.41, 5.74) is 3.84. The molecule has 1 amide bonds. The third-order valence-corrected chi connectivity index (χ3v) is 7.00. The van der Waals surface area contributed by atoms with E-state index in [1.807, 2.05) is 60.7 Å². The maximum absolute atomic E-state index is 12.7. The summed E-state index contributed by atoms with van der Waals surface area (Å²) in [6.45, 7) is 8.39. The zero-order valence-corrected chi connectivity index (χ0v) is 22.7. The van der Waals surface area contributed by atoms with E-state index in [9.17, 15) is 14.7 Å². The van der Waals surface area contributed by atoms with E-state index in [0.29, 0.717) is 17.3 Å². The summed E-state index contributed by atoms with van der Waals surface area (Å²) >= 11 is 1.76. The van der Waals surface area contributed by atoms with Gasteiger partial charge in [0.05, 0.1) is 0 Å². The number of carbonyl (C=O) groups excluding carboxylic acids is 1. The second kappa shape index (κ2) is 11.6. The van der Waals surface area contributed by atoms with E-state index in [4.69, 9.17) is 4.52 Å². The predicted octanol–water partition coefficient (Wildman–Crippen LogP) is 6.24. The molecule has 0 bridgehead atoms. The minimum Gasteiger partial charge on any atom is -0.480 e. The van der Waals surface area contributed by atoms with Crippen LogP contribution in [0.3, 0.4) is 0 Å². The van der Waals surface area contributed by atoms with Crippen molar-refractivity contribution in [1.29, 1.82) is 0 Å². The number of aliphatic carboxylic acids is 1. The van der Waals surface area contributed by atoms with Gasteiger partial charge in [-0.25, -0.2) is 4.79 Å². The minimum absolute atomic E-state index is 0.0348. The molecule has 1 atom stereocenters. The molecular formula is C30H31N3O4S. The van der Waals surface area contributed by atoms with Gasteiger partial charge in [-0.1, -0.05) is 69.2 Å². The lowest BCUT2D eigenvalue weighted by molar-refractivity contribution is -0.139. The van der Waals surface area contributed by atoms with Crippen LogP contribution in [0, 0.1) is 0 Å². The van der Waals surface area contributed by atoms with Gasteiger partial charge in [-0.2, -0.15) is 4.98 Å². The van der Waals surface area contributed by atoms with Crippen molar-refractivity contribution in [2.45, 2.75) is 50.5 Å². The molecule has 7 nitrogen and oxygen atoms in total. The molecule has 0 saturated carbocycles. The first-order valence-corrected chi connectivity index (χ1v) is 13.4. The highest BCUT2D eigenvalue weighted by Gasteiger charge is 2.22. The van der Waals surface area contributed by atoms with Gasteiger partial charge in [-0.3, -0.25) is 4.79 Å². The highest BCUT2D eigenvalue weighted by atomic mass is 32.2. The number of carboxylic acids is 1. The van der Waals surface area contributed by atoms with Crippen LogP contribution in [0.25, 0.3) is 22.8 Å². The average Bonchev–Trinajstić information content (AvgIpc) is 3.39. The second-order valence-corrected chi connectivity index (χ2v) is 11.3. The summed E-state index contributed by atoms with van der Waals surface area (Å²) in [7, 11) is 0. The summed E-state index contributed by atoms with van der Waals surface area (Å²) in [5, 5.41) is 16.5. The Morgan fingerprint density at radius 2 is 1.58 bits per heavy atom. The van der Waals surface area contributed by atoms with Crippen LogP contribution in [0.2, 0.25) is 0 Å². The molecule has 0 aliphatic carbocycles. The third-order valence-electron chi connectivity index (χ3n) is 6.11. The van der Waals surface area contributed by atoms with Gasteiger partial charge in [0.25, 0.3) is 11.8 Å². The zero-order valence-electron chi connectivity index (χ0n) is 21.9. The fraction of sp³-hybridized carbons (Fsp3) is 0.267. The Morgan fingerprint density at radius 1 is 0.947 bits per heavy atom. The molecule has 1 aromatic heterocycles. The van der Waals surface area contributed by atoms with Gasteiger partial charge in [-0.05, 0) is 58.7 Å². The molecule has 8 heteroatoms. The first-order valence-electron chi connectivity index (χ1n) is 12.4. The number of carboxylic acid groups (broad SMARTS) is 1. The molecule has 0 aliphatic rings. The Balaban J connectivity index is 1.41. The van der Waals surface area contributed by atoms with Crippen molar-refractivity contribution in [2.75, 3.05) is 5.75 Å². The van der Waals surface area contributed by atoms with E-state index in [0.717, 1.165) is 28.0 Å². The fourth-order valence-corrected chi connectivity index (χ4v) is 4.57.